The Balaban J connectivity index is 1.92. The first-order valence-electron chi connectivity index (χ1n) is 8.77. The number of guanidine groups is 1. The minimum absolute atomic E-state index is 0.0823. The molecule has 0 fully saturated rings. The molecule has 0 saturated carbocycles. The van der Waals surface area contributed by atoms with Crippen LogP contribution in [0.5, 0.6) is 5.75 Å². The second kappa shape index (κ2) is 10.8. The summed E-state index contributed by atoms with van der Waals surface area (Å²) in [5, 5.41) is 6.72. The number of ether oxygens (including phenoxy) is 1. The van der Waals surface area contributed by atoms with E-state index in [0.717, 1.165) is 12.1 Å². The molecule has 2 N–H and O–H groups in total. The van der Waals surface area contributed by atoms with Crippen molar-refractivity contribution in [2.75, 3.05) is 21.1 Å². The van der Waals surface area contributed by atoms with Crippen molar-refractivity contribution in [1.82, 2.24) is 15.5 Å². The molecule has 0 amide bonds. The summed E-state index contributed by atoms with van der Waals surface area (Å²) in [6, 6.07) is 12.8. The predicted octanol–water partition coefficient (Wildman–Crippen LogP) is 3.87. The highest BCUT2D eigenvalue weighted by Gasteiger charge is 2.11. The third-order valence-corrected chi connectivity index (χ3v) is 4.13. The maximum atomic E-state index is 12.6. The van der Waals surface area contributed by atoms with Gasteiger partial charge in [0.15, 0.2) is 5.96 Å². The molecule has 0 radical (unpaired) electrons. The molecule has 2 aromatic rings. The van der Waals surface area contributed by atoms with Crippen LogP contribution in [0.2, 0.25) is 5.02 Å². The van der Waals surface area contributed by atoms with Crippen LogP contribution >= 0.6 is 11.6 Å². The van der Waals surface area contributed by atoms with E-state index >= 15 is 0 Å². The lowest BCUT2D eigenvalue weighted by Gasteiger charge is -2.15. The fourth-order valence-corrected chi connectivity index (χ4v) is 2.80. The van der Waals surface area contributed by atoms with Crippen molar-refractivity contribution in [3.05, 3.63) is 64.2 Å². The van der Waals surface area contributed by atoms with Gasteiger partial charge < -0.3 is 20.3 Å². The molecular weight excluding hydrogens is 386 g/mol. The summed E-state index contributed by atoms with van der Waals surface area (Å²) in [5.74, 6) is 0.624. The van der Waals surface area contributed by atoms with Gasteiger partial charge in [-0.1, -0.05) is 35.9 Å². The first kappa shape index (κ1) is 21.9. The van der Waals surface area contributed by atoms with Gasteiger partial charge in [0.1, 0.15) is 5.75 Å². The molecular formula is C20H25ClF2N4O. The van der Waals surface area contributed by atoms with E-state index in [1.807, 2.05) is 14.1 Å². The van der Waals surface area contributed by atoms with E-state index in [-0.39, 0.29) is 12.3 Å². The number of rotatable bonds is 8. The van der Waals surface area contributed by atoms with Crippen molar-refractivity contribution >= 4 is 17.6 Å². The van der Waals surface area contributed by atoms with Crippen LogP contribution in [0.15, 0.2) is 47.5 Å². The average molecular weight is 411 g/mol. The van der Waals surface area contributed by atoms with Gasteiger partial charge in [-0.2, -0.15) is 8.78 Å². The highest BCUT2D eigenvalue weighted by Crippen LogP contribution is 2.24. The molecule has 5 nitrogen and oxygen atoms in total. The molecule has 0 aliphatic rings. The van der Waals surface area contributed by atoms with Crippen LogP contribution in [0.1, 0.15) is 16.7 Å². The van der Waals surface area contributed by atoms with Gasteiger partial charge in [0.25, 0.3) is 0 Å². The third kappa shape index (κ3) is 7.32. The lowest BCUT2D eigenvalue weighted by molar-refractivity contribution is -0.0504. The van der Waals surface area contributed by atoms with Crippen LogP contribution < -0.4 is 15.4 Å². The molecule has 8 heteroatoms. The summed E-state index contributed by atoms with van der Waals surface area (Å²) >= 11 is 5.97. The van der Waals surface area contributed by atoms with Crippen LogP contribution in [0.4, 0.5) is 8.78 Å². The zero-order valence-corrected chi connectivity index (χ0v) is 16.9. The summed E-state index contributed by atoms with van der Waals surface area (Å²) < 4.78 is 29.7. The summed E-state index contributed by atoms with van der Waals surface area (Å²) in [6.45, 7) is -1.19. The summed E-state index contributed by atoms with van der Waals surface area (Å²) in [7, 11) is 5.70. The second-order valence-corrected chi connectivity index (χ2v) is 6.90. The zero-order chi connectivity index (χ0) is 20.5. The highest BCUT2D eigenvalue weighted by atomic mass is 35.5. The lowest BCUT2D eigenvalue weighted by atomic mass is 10.1. The molecule has 0 bridgehead atoms. The quantitative estimate of drug-likeness (QED) is 0.512. The number of halogens is 3. The largest absolute Gasteiger partial charge is 0.434 e. The first-order chi connectivity index (χ1) is 13.4. The Morgan fingerprint density at radius 1 is 1.07 bits per heavy atom. The molecule has 2 rings (SSSR count). The number of hydrogen-bond donors (Lipinski definition) is 2. The van der Waals surface area contributed by atoms with Gasteiger partial charge in [-0.25, -0.2) is 0 Å². The Kier molecular flexibility index (Phi) is 8.47. The van der Waals surface area contributed by atoms with Gasteiger partial charge in [-0.3, -0.25) is 4.99 Å². The Bertz CT molecular complexity index is 782. The molecule has 152 valence electrons. The fraction of sp³-hybridized carbons (Fsp3) is 0.350. The number of aliphatic imine (C=N–C) groups is 1. The molecule has 0 unspecified atom stereocenters. The zero-order valence-electron chi connectivity index (χ0n) is 16.2. The summed E-state index contributed by atoms with van der Waals surface area (Å²) in [5.41, 5.74) is 2.86. The third-order valence-electron chi connectivity index (χ3n) is 3.89. The van der Waals surface area contributed by atoms with E-state index < -0.39 is 6.61 Å². The van der Waals surface area contributed by atoms with E-state index in [9.17, 15) is 8.78 Å². The van der Waals surface area contributed by atoms with Gasteiger partial charge >= 0.3 is 6.61 Å². The summed E-state index contributed by atoms with van der Waals surface area (Å²) in [6.07, 6.45) is 0. The molecule has 28 heavy (non-hydrogen) atoms. The van der Waals surface area contributed by atoms with Crippen LogP contribution in [0.25, 0.3) is 0 Å². The van der Waals surface area contributed by atoms with Gasteiger partial charge in [0, 0.05) is 37.3 Å². The maximum absolute atomic E-state index is 12.6. The average Bonchev–Trinajstić information content (AvgIpc) is 2.64. The Morgan fingerprint density at radius 3 is 2.32 bits per heavy atom. The monoisotopic (exact) mass is 410 g/mol. The van der Waals surface area contributed by atoms with E-state index in [1.165, 1.54) is 17.7 Å². The molecule has 0 saturated heterocycles. The van der Waals surface area contributed by atoms with E-state index in [4.69, 9.17) is 11.6 Å². The number of nitrogens with one attached hydrogen (secondary N) is 2. The van der Waals surface area contributed by atoms with Crippen molar-refractivity contribution < 1.29 is 13.5 Å². The van der Waals surface area contributed by atoms with Crippen LogP contribution in [0.3, 0.4) is 0 Å². The van der Waals surface area contributed by atoms with Crippen LogP contribution in [0, 0.1) is 0 Å². The van der Waals surface area contributed by atoms with Gasteiger partial charge in [-0.05, 0) is 43.4 Å². The fourth-order valence-electron chi connectivity index (χ4n) is 2.61. The van der Waals surface area contributed by atoms with E-state index in [0.29, 0.717) is 23.1 Å². The minimum Gasteiger partial charge on any atom is -0.434 e. The van der Waals surface area contributed by atoms with Gasteiger partial charge in [0.2, 0.25) is 0 Å². The summed E-state index contributed by atoms with van der Waals surface area (Å²) in [4.78, 5) is 6.27. The Hall–Kier alpha value is -2.38. The topological polar surface area (TPSA) is 48.9 Å². The number of hydrogen-bond acceptors (Lipinski definition) is 3. The molecule has 0 atom stereocenters. The van der Waals surface area contributed by atoms with Crippen molar-refractivity contribution in [3.63, 3.8) is 0 Å². The maximum Gasteiger partial charge on any atom is 0.387 e. The molecule has 0 spiro atoms. The van der Waals surface area contributed by atoms with Crippen LogP contribution in [-0.4, -0.2) is 38.6 Å². The SMILES string of the molecule is CN=C(NCc1ccc(CN(C)C)cc1)NCc1cc(Cl)ccc1OC(F)F. The number of benzene rings is 2. The van der Waals surface area contributed by atoms with Crippen LogP contribution in [-0.2, 0) is 19.6 Å². The van der Waals surface area contributed by atoms with E-state index in [1.54, 1.807) is 13.1 Å². The van der Waals surface area contributed by atoms with Crippen molar-refractivity contribution in [1.29, 1.82) is 0 Å². The van der Waals surface area contributed by atoms with Gasteiger partial charge in [0.05, 0.1) is 0 Å². The van der Waals surface area contributed by atoms with E-state index in [2.05, 4.69) is 49.5 Å². The molecule has 0 aliphatic heterocycles. The second-order valence-electron chi connectivity index (χ2n) is 6.46. The van der Waals surface area contributed by atoms with Crippen molar-refractivity contribution in [2.45, 2.75) is 26.2 Å². The molecule has 0 heterocycles. The highest BCUT2D eigenvalue weighted by molar-refractivity contribution is 6.30. The number of alkyl halides is 2. The first-order valence-corrected chi connectivity index (χ1v) is 9.15. The van der Waals surface area contributed by atoms with Crippen molar-refractivity contribution in [3.8, 4) is 5.75 Å². The Labute approximate surface area is 169 Å². The number of nitrogens with zero attached hydrogens (tertiary/aromatic N) is 2. The van der Waals surface area contributed by atoms with Gasteiger partial charge in [-0.15, -0.1) is 0 Å². The molecule has 0 aromatic heterocycles. The normalized spacial score (nSPS) is 11.8. The molecule has 0 aliphatic carbocycles. The lowest BCUT2D eigenvalue weighted by Crippen LogP contribution is -2.36. The Morgan fingerprint density at radius 2 is 1.71 bits per heavy atom. The molecule has 2 aromatic carbocycles. The van der Waals surface area contributed by atoms with Crippen molar-refractivity contribution in [2.24, 2.45) is 4.99 Å². The standard InChI is InChI=1S/C20H25ClF2N4O/c1-24-20(25-11-14-4-6-15(7-5-14)13-27(2)3)26-12-16-10-17(21)8-9-18(16)28-19(22)23/h4-10,19H,11-13H2,1-3H3,(H2,24,25,26). The smallest absolute Gasteiger partial charge is 0.387 e. The minimum atomic E-state index is -2.90. The predicted molar refractivity (Wildman–Crippen MR) is 109 cm³/mol.